The Bertz CT molecular complexity index is 1040. The van der Waals surface area contributed by atoms with Crippen molar-refractivity contribution in [1.82, 2.24) is 19.9 Å². The van der Waals surface area contributed by atoms with Gasteiger partial charge < -0.3 is 15.4 Å². The van der Waals surface area contributed by atoms with Crippen molar-refractivity contribution in [2.45, 2.75) is 19.8 Å². The maximum Gasteiger partial charge on any atom is 0.287 e. The van der Waals surface area contributed by atoms with Crippen LogP contribution in [0.1, 0.15) is 19.5 Å². The van der Waals surface area contributed by atoms with Crippen molar-refractivity contribution in [1.29, 1.82) is 0 Å². The second kappa shape index (κ2) is 8.13. The molecule has 0 atom stereocenters. The molecule has 0 aliphatic carbocycles. The summed E-state index contributed by atoms with van der Waals surface area (Å²) in [6, 6.07) is 5.99. The van der Waals surface area contributed by atoms with Crippen molar-refractivity contribution in [3.8, 4) is 17.1 Å². The first kappa shape index (κ1) is 20.1. The Labute approximate surface area is 165 Å². The van der Waals surface area contributed by atoms with Gasteiger partial charge in [-0.25, -0.2) is 15.0 Å². The first-order valence-corrected chi connectivity index (χ1v) is 8.51. The van der Waals surface area contributed by atoms with Crippen LogP contribution in [0.4, 0.5) is 26.0 Å². The second-order valence-electron chi connectivity index (χ2n) is 6.19. The van der Waals surface area contributed by atoms with Crippen LogP contribution in [0.15, 0.2) is 43.0 Å². The number of halogens is 2. The summed E-state index contributed by atoms with van der Waals surface area (Å²) in [4.78, 5) is 27.5. The fraction of sp³-hybridized carbons (Fsp3) is 0.211. The minimum absolute atomic E-state index is 0.292. The monoisotopic (exact) mass is 400 g/mol. The largest absolute Gasteiger partial charge is 0.481 e. The van der Waals surface area contributed by atoms with E-state index >= 15 is 0 Å². The van der Waals surface area contributed by atoms with Crippen molar-refractivity contribution in [2.75, 3.05) is 17.7 Å². The SMILES string of the molecule is COc1cc(-c2cnc(NC(C)=O)cc2Nc2ccnc(C(C)(F)F)c2)ncn1. The summed E-state index contributed by atoms with van der Waals surface area (Å²) in [5, 5.41) is 5.66. The third-order valence-electron chi connectivity index (χ3n) is 3.82. The fourth-order valence-electron chi connectivity index (χ4n) is 2.51. The lowest BCUT2D eigenvalue weighted by Gasteiger charge is -2.15. The number of amides is 1. The number of alkyl halides is 2. The van der Waals surface area contributed by atoms with E-state index < -0.39 is 5.92 Å². The first-order chi connectivity index (χ1) is 13.8. The molecule has 150 valence electrons. The lowest BCUT2D eigenvalue weighted by atomic mass is 10.1. The van der Waals surface area contributed by atoms with E-state index in [1.165, 1.54) is 38.8 Å². The predicted molar refractivity (Wildman–Crippen MR) is 103 cm³/mol. The molecule has 0 saturated carbocycles. The van der Waals surface area contributed by atoms with Crippen LogP contribution < -0.4 is 15.4 Å². The van der Waals surface area contributed by atoms with Crippen LogP contribution in [0.5, 0.6) is 5.88 Å². The molecule has 0 fully saturated rings. The van der Waals surface area contributed by atoms with Gasteiger partial charge in [-0.2, -0.15) is 8.78 Å². The number of aromatic nitrogens is 4. The zero-order valence-corrected chi connectivity index (χ0v) is 15.9. The van der Waals surface area contributed by atoms with E-state index in [1.807, 2.05) is 0 Å². The standard InChI is InChI=1S/C19H18F2N6O2/c1-11(28)26-17-7-15(27-12-4-5-22-16(6-12)19(2,20)21)13(9-23-17)14-8-18(29-3)25-10-24-14/h4-10H,1-3H3,(H2,22,23,26,27,28). The summed E-state index contributed by atoms with van der Waals surface area (Å²) in [6.45, 7) is 2.13. The molecule has 0 unspecified atom stereocenters. The molecule has 0 spiro atoms. The van der Waals surface area contributed by atoms with Gasteiger partial charge in [0.1, 0.15) is 17.8 Å². The van der Waals surface area contributed by atoms with Crippen LogP contribution in [0.2, 0.25) is 0 Å². The molecule has 3 rings (SSSR count). The lowest BCUT2D eigenvalue weighted by Crippen LogP contribution is -2.10. The summed E-state index contributed by atoms with van der Waals surface area (Å²) >= 11 is 0. The zero-order valence-electron chi connectivity index (χ0n) is 15.9. The molecule has 3 heterocycles. The molecule has 29 heavy (non-hydrogen) atoms. The van der Waals surface area contributed by atoms with Gasteiger partial charge in [0, 0.05) is 49.6 Å². The van der Waals surface area contributed by atoms with Gasteiger partial charge in [0.2, 0.25) is 11.8 Å². The highest BCUT2D eigenvalue weighted by atomic mass is 19.3. The summed E-state index contributed by atoms with van der Waals surface area (Å²) in [7, 11) is 1.48. The van der Waals surface area contributed by atoms with Crippen LogP contribution in [-0.2, 0) is 10.7 Å². The van der Waals surface area contributed by atoms with Crippen molar-refractivity contribution in [3.05, 3.63) is 48.7 Å². The van der Waals surface area contributed by atoms with E-state index in [1.54, 1.807) is 18.2 Å². The van der Waals surface area contributed by atoms with Gasteiger partial charge in [-0.3, -0.25) is 9.78 Å². The average molecular weight is 400 g/mol. The van der Waals surface area contributed by atoms with Gasteiger partial charge in [-0.15, -0.1) is 0 Å². The van der Waals surface area contributed by atoms with Crippen LogP contribution in [0, 0.1) is 0 Å². The maximum absolute atomic E-state index is 13.6. The van der Waals surface area contributed by atoms with E-state index in [4.69, 9.17) is 4.74 Å². The van der Waals surface area contributed by atoms with Gasteiger partial charge in [-0.05, 0) is 12.1 Å². The summed E-state index contributed by atoms with van der Waals surface area (Å²) in [6.07, 6.45) is 4.13. The normalized spacial score (nSPS) is 11.1. The number of hydrogen-bond donors (Lipinski definition) is 2. The number of ether oxygens (including phenoxy) is 1. The van der Waals surface area contributed by atoms with Crippen LogP contribution in [0.3, 0.4) is 0 Å². The van der Waals surface area contributed by atoms with E-state index in [-0.39, 0.29) is 11.6 Å². The molecule has 3 aromatic rings. The third kappa shape index (κ3) is 4.98. The molecule has 0 radical (unpaired) electrons. The number of rotatable bonds is 6. The molecular weight excluding hydrogens is 382 g/mol. The molecule has 0 bridgehead atoms. The average Bonchev–Trinajstić information content (AvgIpc) is 2.67. The van der Waals surface area contributed by atoms with E-state index in [9.17, 15) is 13.6 Å². The van der Waals surface area contributed by atoms with E-state index in [0.717, 1.165) is 6.92 Å². The molecule has 1 amide bonds. The summed E-state index contributed by atoms with van der Waals surface area (Å²) < 4.78 is 32.4. The Balaban J connectivity index is 2.05. The zero-order chi connectivity index (χ0) is 21.0. The number of methoxy groups -OCH3 is 1. The van der Waals surface area contributed by atoms with Crippen LogP contribution in [-0.4, -0.2) is 33.0 Å². The number of anilines is 3. The van der Waals surface area contributed by atoms with Crippen LogP contribution >= 0.6 is 0 Å². The van der Waals surface area contributed by atoms with Gasteiger partial charge in [0.05, 0.1) is 18.5 Å². The maximum atomic E-state index is 13.6. The Hall–Kier alpha value is -3.69. The van der Waals surface area contributed by atoms with Gasteiger partial charge in [0.15, 0.2) is 0 Å². The third-order valence-corrected chi connectivity index (χ3v) is 3.82. The van der Waals surface area contributed by atoms with Gasteiger partial charge >= 0.3 is 0 Å². The molecular formula is C19H18F2N6O2. The van der Waals surface area contributed by atoms with Crippen LogP contribution in [0.25, 0.3) is 11.3 Å². The van der Waals surface area contributed by atoms with E-state index in [0.29, 0.717) is 34.3 Å². The number of carbonyl (C=O) groups is 1. The Kier molecular flexibility index (Phi) is 5.62. The number of nitrogens with one attached hydrogen (secondary N) is 2. The van der Waals surface area contributed by atoms with Crippen molar-refractivity contribution < 1.29 is 18.3 Å². The molecule has 2 N–H and O–H groups in total. The van der Waals surface area contributed by atoms with Gasteiger partial charge in [-0.1, -0.05) is 0 Å². The molecule has 0 aliphatic heterocycles. The highest BCUT2D eigenvalue weighted by Gasteiger charge is 2.26. The number of carbonyl (C=O) groups excluding carboxylic acids is 1. The first-order valence-electron chi connectivity index (χ1n) is 8.51. The Morgan fingerprint density at radius 3 is 2.62 bits per heavy atom. The number of nitrogens with zero attached hydrogens (tertiary/aromatic N) is 4. The minimum atomic E-state index is -3.08. The molecule has 3 aromatic heterocycles. The predicted octanol–water partition coefficient (Wildman–Crippen LogP) is 3.76. The van der Waals surface area contributed by atoms with Gasteiger partial charge in [0.25, 0.3) is 5.92 Å². The highest BCUT2D eigenvalue weighted by Crippen LogP contribution is 2.33. The fourth-order valence-corrected chi connectivity index (χ4v) is 2.51. The Morgan fingerprint density at radius 1 is 1.14 bits per heavy atom. The molecule has 0 saturated heterocycles. The highest BCUT2D eigenvalue weighted by molar-refractivity contribution is 5.90. The smallest absolute Gasteiger partial charge is 0.287 e. The number of hydrogen-bond acceptors (Lipinski definition) is 7. The quantitative estimate of drug-likeness (QED) is 0.650. The second-order valence-corrected chi connectivity index (χ2v) is 6.19. The molecule has 0 aliphatic rings. The minimum Gasteiger partial charge on any atom is -0.481 e. The summed E-state index contributed by atoms with van der Waals surface area (Å²) in [5.74, 6) is -2.74. The van der Waals surface area contributed by atoms with E-state index in [2.05, 4.69) is 30.6 Å². The Morgan fingerprint density at radius 2 is 1.93 bits per heavy atom. The molecule has 8 nitrogen and oxygen atoms in total. The molecule has 10 heteroatoms. The summed E-state index contributed by atoms with van der Waals surface area (Å²) in [5.41, 5.74) is 1.56. The number of pyridine rings is 2. The van der Waals surface area contributed by atoms with Crippen molar-refractivity contribution in [3.63, 3.8) is 0 Å². The van der Waals surface area contributed by atoms with Crippen molar-refractivity contribution >= 4 is 23.1 Å². The topological polar surface area (TPSA) is 102 Å². The molecule has 0 aromatic carbocycles. The lowest BCUT2D eigenvalue weighted by molar-refractivity contribution is -0.114. The van der Waals surface area contributed by atoms with Crippen molar-refractivity contribution in [2.24, 2.45) is 0 Å².